The van der Waals surface area contributed by atoms with Crippen LogP contribution in [0.25, 0.3) is 0 Å². The van der Waals surface area contributed by atoms with Crippen LogP contribution in [-0.4, -0.2) is 106 Å². The molecule has 3 rings (SSSR count). The lowest BCUT2D eigenvalue weighted by atomic mass is 10.0. The van der Waals surface area contributed by atoms with Crippen LogP contribution in [0.15, 0.2) is 21.8 Å². The third kappa shape index (κ3) is 7.37. The summed E-state index contributed by atoms with van der Waals surface area (Å²) in [5.74, 6) is -2.47. The van der Waals surface area contributed by atoms with Crippen LogP contribution < -0.4 is 11.1 Å². The first-order valence-electron chi connectivity index (χ1n) is 12.2. The molecule has 41 heavy (non-hydrogen) atoms. The fraction of sp³-hybridized carbons (Fsp3) is 0.522. The molecule has 1 saturated heterocycles. The van der Waals surface area contributed by atoms with Crippen LogP contribution in [0.1, 0.15) is 32.9 Å². The molecule has 224 valence electrons. The number of thiazole rings is 1. The third-order valence-corrected chi connectivity index (χ3v) is 7.76. The Labute approximate surface area is 242 Å². The van der Waals surface area contributed by atoms with Crippen molar-refractivity contribution in [1.82, 2.24) is 20.1 Å². The summed E-state index contributed by atoms with van der Waals surface area (Å²) >= 11 is 2.22. The molecule has 1 fully saturated rings. The number of amides is 3. The van der Waals surface area contributed by atoms with Crippen molar-refractivity contribution in [1.29, 1.82) is 0 Å². The maximum Gasteiger partial charge on any atom is 0.511 e. The van der Waals surface area contributed by atoms with E-state index in [1.54, 1.807) is 6.92 Å². The van der Waals surface area contributed by atoms with Crippen LogP contribution in [-0.2, 0) is 33.3 Å². The first-order valence-corrected chi connectivity index (χ1v) is 14.1. The van der Waals surface area contributed by atoms with E-state index in [1.807, 2.05) is 6.92 Å². The number of nitrogens with one attached hydrogen (secondary N) is 1. The number of nitrogens with two attached hydrogens (primary N) is 1. The van der Waals surface area contributed by atoms with Crippen molar-refractivity contribution in [2.24, 2.45) is 5.16 Å². The van der Waals surface area contributed by atoms with E-state index < -0.39 is 59.6 Å². The van der Waals surface area contributed by atoms with Gasteiger partial charge in [-0.3, -0.25) is 14.5 Å². The zero-order valence-corrected chi connectivity index (χ0v) is 24.4. The van der Waals surface area contributed by atoms with Gasteiger partial charge < -0.3 is 40.1 Å². The van der Waals surface area contributed by atoms with Gasteiger partial charge in [0.25, 0.3) is 11.8 Å². The van der Waals surface area contributed by atoms with Crippen LogP contribution in [0.3, 0.4) is 0 Å². The Bertz CT molecular complexity index is 1270. The van der Waals surface area contributed by atoms with Gasteiger partial charge >= 0.3 is 18.2 Å². The molecule has 0 aromatic carbocycles. The number of hydrogen-bond acceptors (Lipinski definition) is 15. The van der Waals surface area contributed by atoms with Gasteiger partial charge in [-0.2, -0.15) is 0 Å². The van der Waals surface area contributed by atoms with Crippen LogP contribution in [0.2, 0.25) is 0 Å². The van der Waals surface area contributed by atoms with Gasteiger partial charge in [0.1, 0.15) is 35.5 Å². The fourth-order valence-corrected chi connectivity index (χ4v) is 5.40. The molecule has 0 radical (unpaired) electrons. The van der Waals surface area contributed by atoms with Gasteiger partial charge in [0, 0.05) is 37.7 Å². The number of esters is 1. The van der Waals surface area contributed by atoms with E-state index in [1.165, 1.54) is 43.1 Å². The highest BCUT2D eigenvalue weighted by atomic mass is 32.2. The number of nitrogen functional groups attached to an aromatic ring is 1. The number of ether oxygens (including phenoxy) is 4. The van der Waals surface area contributed by atoms with Gasteiger partial charge in [0.2, 0.25) is 6.29 Å². The standard InChI is InChI=1S/C23H30N6O10S2/c1-6-10(2)37-23(34)39-11(3)38-20(32)16-12(7-36-22(33)28(4)5)8-40-19-15(18(31)29(16)19)26-17(30)14(27-35)13-9-41-21(24)25-13/h9-11,15,19,35H,6-8H2,1-5H3,(H2,24,25)(H,26,30)/t10?,11?,15?,19-/m1/s1. The average Bonchev–Trinajstić information content (AvgIpc) is 3.34. The minimum Gasteiger partial charge on any atom is -0.445 e. The van der Waals surface area contributed by atoms with Crippen molar-refractivity contribution in [2.75, 3.05) is 32.2 Å². The van der Waals surface area contributed by atoms with Gasteiger partial charge in [-0.15, -0.1) is 23.1 Å². The van der Waals surface area contributed by atoms with Crippen molar-refractivity contribution < 1.29 is 48.1 Å². The molecule has 2 aliphatic rings. The quantitative estimate of drug-likeness (QED) is 0.0641. The van der Waals surface area contributed by atoms with E-state index in [4.69, 9.17) is 24.7 Å². The molecule has 0 saturated carbocycles. The highest BCUT2D eigenvalue weighted by Crippen LogP contribution is 2.41. The number of hydrogen-bond donors (Lipinski definition) is 3. The summed E-state index contributed by atoms with van der Waals surface area (Å²) in [6.45, 7) is 4.43. The summed E-state index contributed by atoms with van der Waals surface area (Å²) in [7, 11) is 2.95. The van der Waals surface area contributed by atoms with Crippen molar-refractivity contribution in [3.8, 4) is 0 Å². The molecule has 3 amide bonds. The van der Waals surface area contributed by atoms with E-state index in [-0.39, 0.29) is 34.5 Å². The highest BCUT2D eigenvalue weighted by Gasteiger charge is 2.55. The first kappa shape index (κ1) is 31.5. The number of carbonyl (C=O) groups excluding carboxylic acids is 5. The van der Waals surface area contributed by atoms with E-state index in [0.29, 0.717) is 6.42 Å². The van der Waals surface area contributed by atoms with Crippen molar-refractivity contribution in [3.05, 3.63) is 22.3 Å². The van der Waals surface area contributed by atoms with Gasteiger partial charge in [-0.05, 0) is 13.3 Å². The average molecular weight is 615 g/mol. The largest absolute Gasteiger partial charge is 0.511 e. The Morgan fingerprint density at radius 3 is 2.56 bits per heavy atom. The summed E-state index contributed by atoms with van der Waals surface area (Å²) in [5.41, 5.74) is 5.19. The molecule has 3 heterocycles. The van der Waals surface area contributed by atoms with E-state index in [2.05, 4.69) is 15.5 Å². The van der Waals surface area contributed by atoms with E-state index in [0.717, 1.165) is 16.2 Å². The molecular formula is C23H30N6O10S2. The summed E-state index contributed by atoms with van der Waals surface area (Å²) in [5, 5.41) is 15.6. The number of β-lactam (4-membered cyclic amide) rings is 1. The Balaban J connectivity index is 1.78. The smallest absolute Gasteiger partial charge is 0.445 e. The third-order valence-electron chi connectivity index (χ3n) is 5.75. The van der Waals surface area contributed by atoms with Gasteiger partial charge in [-0.25, -0.2) is 19.4 Å². The van der Waals surface area contributed by atoms with Crippen LogP contribution in [0, 0.1) is 0 Å². The Hall–Kier alpha value is -4.06. The minimum atomic E-state index is -1.38. The Morgan fingerprint density at radius 2 is 1.98 bits per heavy atom. The Kier molecular flexibility index (Phi) is 10.4. The molecule has 16 nitrogen and oxygen atoms in total. The summed E-state index contributed by atoms with van der Waals surface area (Å²) in [6, 6.07) is -1.10. The zero-order chi connectivity index (χ0) is 30.4. The second-order valence-electron chi connectivity index (χ2n) is 8.96. The second kappa shape index (κ2) is 13.5. The van der Waals surface area contributed by atoms with Gasteiger partial charge in [0.05, 0.1) is 0 Å². The monoisotopic (exact) mass is 614 g/mol. The lowest BCUT2D eigenvalue weighted by Crippen LogP contribution is -2.71. The van der Waals surface area contributed by atoms with Crippen molar-refractivity contribution in [3.63, 3.8) is 0 Å². The molecule has 2 aliphatic heterocycles. The molecule has 0 bridgehead atoms. The number of aromatic nitrogens is 1. The summed E-state index contributed by atoms with van der Waals surface area (Å²) in [6.07, 6.45) is -2.98. The number of carbonyl (C=O) groups is 5. The first-order chi connectivity index (χ1) is 19.4. The maximum absolute atomic E-state index is 13.2. The van der Waals surface area contributed by atoms with E-state index >= 15 is 0 Å². The van der Waals surface area contributed by atoms with Crippen molar-refractivity contribution >= 4 is 64.0 Å². The highest BCUT2D eigenvalue weighted by molar-refractivity contribution is 8.00. The molecule has 18 heteroatoms. The van der Waals surface area contributed by atoms with E-state index in [9.17, 15) is 29.2 Å². The Morgan fingerprint density at radius 1 is 1.27 bits per heavy atom. The lowest BCUT2D eigenvalue weighted by Gasteiger charge is -2.49. The minimum absolute atomic E-state index is 0.0161. The number of anilines is 1. The molecular weight excluding hydrogens is 584 g/mol. The molecule has 0 spiro atoms. The molecule has 1 aromatic heterocycles. The predicted molar refractivity (Wildman–Crippen MR) is 145 cm³/mol. The van der Waals surface area contributed by atoms with Crippen LogP contribution in [0.4, 0.5) is 14.7 Å². The fourth-order valence-electron chi connectivity index (χ4n) is 3.52. The normalized spacial score (nSPS) is 19.8. The molecule has 0 aliphatic carbocycles. The lowest BCUT2D eigenvalue weighted by molar-refractivity contribution is -0.169. The summed E-state index contributed by atoms with van der Waals surface area (Å²) < 4.78 is 20.5. The van der Waals surface area contributed by atoms with Crippen LogP contribution >= 0.6 is 23.1 Å². The van der Waals surface area contributed by atoms with Crippen molar-refractivity contribution in [2.45, 2.75) is 51.0 Å². The number of nitrogens with zero attached hydrogens (tertiary/aromatic N) is 4. The van der Waals surface area contributed by atoms with Gasteiger partial charge in [-0.1, -0.05) is 12.1 Å². The number of rotatable bonds is 10. The predicted octanol–water partition coefficient (Wildman–Crippen LogP) is 1.10. The molecule has 1 aromatic rings. The molecule has 4 atom stereocenters. The summed E-state index contributed by atoms with van der Waals surface area (Å²) in [4.78, 5) is 69.4. The topological polar surface area (TPSA) is 212 Å². The number of fused-ring (bicyclic) bond motifs is 1. The van der Waals surface area contributed by atoms with Crippen LogP contribution in [0.5, 0.6) is 0 Å². The zero-order valence-electron chi connectivity index (χ0n) is 22.8. The molecule has 3 unspecified atom stereocenters. The second-order valence-corrected chi connectivity index (χ2v) is 11.0. The van der Waals surface area contributed by atoms with Gasteiger partial charge in [0.15, 0.2) is 10.8 Å². The molecule has 4 N–H and O–H groups in total. The maximum atomic E-state index is 13.2. The SMILES string of the molecule is CCC(C)OC(=O)OC(C)OC(=O)C1=C(COC(=O)N(C)C)CS[C@@H]2C(NC(=O)C(=NO)c3csc(N)n3)C(=O)N12. The number of oxime groups is 1. The number of thioether (sulfide) groups is 1.